The Hall–Kier alpha value is -3.45. The van der Waals surface area contributed by atoms with Crippen molar-refractivity contribution < 1.29 is 14.1 Å². The zero-order chi connectivity index (χ0) is 20.1. The molecule has 1 amide bonds. The van der Waals surface area contributed by atoms with Crippen molar-refractivity contribution in [2.45, 2.75) is 0 Å². The summed E-state index contributed by atoms with van der Waals surface area (Å²) in [6.45, 7) is 0. The molecular weight excluding hydrogens is 473 g/mol. The first-order chi connectivity index (χ1) is 13.5. The Morgan fingerprint density at radius 3 is 2.68 bits per heavy atom. The predicted octanol–water partition coefficient (Wildman–Crippen LogP) is 5.01. The number of nitro benzene ring substituents is 1. The van der Waals surface area contributed by atoms with Gasteiger partial charge in [-0.1, -0.05) is 18.2 Å². The lowest BCUT2D eigenvalue weighted by molar-refractivity contribution is -0.384. The fraction of sp³-hybridized carbons (Fsp3) is 0. The second-order valence-electron chi connectivity index (χ2n) is 5.61. The second-order valence-corrected chi connectivity index (χ2v) is 6.86. The lowest BCUT2D eigenvalue weighted by atomic mass is 10.1. The second kappa shape index (κ2) is 8.49. The number of para-hydroxylation sites is 1. The summed E-state index contributed by atoms with van der Waals surface area (Å²) >= 11 is 2.12. The molecule has 138 valence electrons. The minimum absolute atomic E-state index is 0.0932. The number of halogens is 1. The Morgan fingerprint density at radius 1 is 1.18 bits per heavy atom. The molecule has 0 atom stereocenters. The van der Waals surface area contributed by atoms with E-state index in [1.54, 1.807) is 48.5 Å². The molecule has 0 bridgehead atoms. The summed E-state index contributed by atoms with van der Waals surface area (Å²) in [6.07, 6.45) is 1.29. The SMILES string of the molecule is N#C/C(=C\c1ccc(-c2ccccc2[N+](=O)[O-])o1)C(=O)Nc1cccc(I)c1. The van der Waals surface area contributed by atoms with Crippen molar-refractivity contribution in [3.8, 4) is 17.4 Å². The van der Waals surface area contributed by atoms with Gasteiger partial charge >= 0.3 is 0 Å². The summed E-state index contributed by atoms with van der Waals surface area (Å²) in [5.74, 6) is -0.0653. The average molecular weight is 485 g/mol. The quantitative estimate of drug-likeness (QED) is 0.180. The number of furan rings is 1. The molecule has 1 aromatic heterocycles. The van der Waals surface area contributed by atoms with Crippen LogP contribution in [0, 0.1) is 25.0 Å². The van der Waals surface area contributed by atoms with E-state index in [-0.39, 0.29) is 22.8 Å². The number of carbonyl (C=O) groups is 1. The number of carbonyl (C=O) groups excluding carboxylic acids is 1. The van der Waals surface area contributed by atoms with E-state index in [1.165, 1.54) is 12.1 Å². The minimum atomic E-state index is -0.576. The van der Waals surface area contributed by atoms with Gasteiger partial charge in [0.25, 0.3) is 11.6 Å². The maximum atomic E-state index is 12.3. The van der Waals surface area contributed by atoms with Crippen LogP contribution in [-0.4, -0.2) is 10.8 Å². The Morgan fingerprint density at radius 2 is 1.96 bits per heavy atom. The molecule has 3 rings (SSSR count). The van der Waals surface area contributed by atoms with E-state index in [0.717, 1.165) is 3.57 Å². The number of nitro groups is 1. The number of amides is 1. The number of benzene rings is 2. The van der Waals surface area contributed by atoms with E-state index in [9.17, 15) is 20.2 Å². The van der Waals surface area contributed by atoms with Crippen LogP contribution in [-0.2, 0) is 4.79 Å². The Labute approximate surface area is 173 Å². The number of nitriles is 1. The van der Waals surface area contributed by atoms with Gasteiger partial charge in [-0.3, -0.25) is 14.9 Å². The van der Waals surface area contributed by atoms with Gasteiger partial charge in [-0.2, -0.15) is 5.26 Å². The van der Waals surface area contributed by atoms with Crippen molar-refractivity contribution >= 4 is 45.9 Å². The first-order valence-electron chi connectivity index (χ1n) is 8.00. The Bertz CT molecular complexity index is 1130. The van der Waals surface area contributed by atoms with Crippen molar-refractivity contribution in [2.24, 2.45) is 0 Å². The van der Waals surface area contributed by atoms with Gasteiger partial charge in [0.05, 0.1) is 10.5 Å². The summed E-state index contributed by atoms with van der Waals surface area (Å²) in [7, 11) is 0. The van der Waals surface area contributed by atoms with E-state index in [1.807, 2.05) is 12.1 Å². The van der Waals surface area contributed by atoms with Crippen LogP contribution >= 0.6 is 22.6 Å². The summed E-state index contributed by atoms with van der Waals surface area (Å²) in [4.78, 5) is 23.0. The molecule has 1 heterocycles. The van der Waals surface area contributed by atoms with Crippen LogP contribution in [0.15, 0.2) is 70.7 Å². The summed E-state index contributed by atoms with van der Waals surface area (Å²) < 4.78 is 6.54. The smallest absolute Gasteiger partial charge is 0.280 e. The average Bonchev–Trinajstić information content (AvgIpc) is 3.14. The maximum absolute atomic E-state index is 12.3. The van der Waals surface area contributed by atoms with Gasteiger partial charge in [0.15, 0.2) is 0 Å². The van der Waals surface area contributed by atoms with Crippen LogP contribution in [0.3, 0.4) is 0 Å². The molecule has 0 fully saturated rings. The molecule has 2 aromatic carbocycles. The number of nitrogens with zero attached hydrogens (tertiary/aromatic N) is 2. The summed E-state index contributed by atoms with van der Waals surface area (Å²) in [5, 5.41) is 23.1. The molecule has 3 aromatic rings. The molecule has 7 nitrogen and oxygen atoms in total. The number of hydrogen-bond acceptors (Lipinski definition) is 5. The highest BCUT2D eigenvalue weighted by atomic mass is 127. The summed E-state index contributed by atoms with van der Waals surface area (Å²) in [5.41, 5.74) is 0.638. The molecule has 0 spiro atoms. The Balaban J connectivity index is 1.86. The normalized spacial score (nSPS) is 10.9. The van der Waals surface area contributed by atoms with E-state index in [2.05, 4.69) is 27.9 Å². The largest absolute Gasteiger partial charge is 0.456 e. The number of hydrogen-bond donors (Lipinski definition) is 1. The van der Waals surface area contributed by atoms with E-state index in [4.69, 9.17) is 4.42 Å². The molecule has 0 aliphatic carbocycles. The van der Waals surface area contributed by atoms with Gasteiger partial charge < -0.3 is 9.73 Å². The van der Waals surface area contributed by atoms with Gasteiger partial charge in [-0.05, 0) is 59.0 Å². The van der Waals surface area contributed by atoms with Crippen LogP contribution in [0.4, 0.5) is 11.4 Å². The maximum Gasteiger partial charge on any atom is 0.280 e. The zero-order valence-electron chi connectivity index (χ0n) is 14.3. The van der Waals surface area contributed by atoms with Gasteiger partial charge in [-0.15, -0.1) is 0 Å². The molecule has 0 saturated carbocycles. The van der Waals surface area contributed by atoms with Crippen molar-refractivity contribution in [3.63, 3.8) is 0 Å². The van der Waals surface area contributed by atoms with Gasteiger partial charge in [0.2, 0.25) is 0 Å². The third-order valence-electron chi connectivity index (χ3n) is 3.73. The third-order valence-corrected chi connectivity index (χ3v) is 4.40. The molecule has 0 aliphatic rings. The van der Waals surface area contributed by atoms with E-state index < -0.39 is 10.8 Å². The van der Waals surface area contributed by atoms with Crippen molar-refractivity contribution in [3.05, 3.63) is 85.7 Å². The molecule has 0 unspecified atom stereocenters. The fourth-order valence-electron chi connectivity index (χ4n) is 2.47. The van der Waals surface area contributed by atoms with Gasteiger partial charge in [0, 0.05) is 21.4 Å². The van der Waals surface area contributed by atoms with Crippen molar-refractivity contribution in [2.75, 3.05) is 5.32 Å². The number of rotatable bonds is 5. The van der Waals surface area contributed by atoms with E-state index >= 15 is 0 Å². The van der Waals surface area contributed by atoms with Crippen LogP contribution in [0.5, 0.6) is 0 Å². The van der Waals surface area contributed by atoms with Crippen LogP contribution in [0.1, 0.15) is 5.76 Å². The molecule has 8 heteroatoms. The lowest BCUT2D eigenvalue weighted by Gasteiger charge is -2.04. The van der Waals surface area contributed by atoms with Gasteiger partial charge in [-0.25, -0.2) is 0 Å². The highest BCUT2D eigenvalue weighted by Gasteiger charge is 2.17. The predicted molar refractivity (Wildman–Crippen MR) is 112 cm³/mol. The van der Waals surface area contributed by atoms with Crippen molar-refractivity contribution in [1.82, 2.24) is 0 Å². The van der Waals surface area contributed by atoms with Crippen LogP contribution in [0.2, 0.25) is 0 Å². The standard InChI is InChI=1S/C20H12IN3O4/c21-14-4-3-5-15(11-14)23-20(25)13(12-22)10-16-8-9-19(28-16)17-6-1-2-7-18(17)24(26)27/h1-11H,(H,23,25)/b13-10+. The Kier molecular flexibility index (Phi) is 5.86. The summed E-state index contributed by atoms with van der Waals surface area (Å²) in [6, 6.07) is 18.3. The number of anilines is 1. The highest BCUT2D eigenvalue weighted by Crippen LogP contribution is 2.31. The molecule has 0 saturated heterocycles. The molecule has 0 aliphatic heterocycles. The third kappa shape index (κ3) is 4.44. The highest BCUT2D eigenvalue weighted by molar-refractivity contribution is 14.1. The number of nitrogens with one attached hydrogen (secondary N) is 1. The first kappa shape index (κ1) is 19.3. The molecular formula is C20H12IN3O4. The lowest BCUT2D eigenvalue weighted by Crippen LogP contribution is -2.13. The van der Waals surface area contributed by atoms with Crippen LogP contribution < -0.4 is 5.32 Å². The fourth-order valence-corrected chi connectivity index (χ4v) is 3.01. The molecule has 28 heavy (non-hydrogen) atoms. The van der Waals surface area contributed by atoms with Crippen LogP contribution in [0.25, 0.3) is 17.4 Å². The monoisotopic (exact) mass is 485 g/mol. The first-order valence-corrected chi connectivity index (χ1v) is 9.08. The zero-order valence-corrected chi connectivity index (χ0v) is 16.4. The molecule has 0 radical (unpaired) electrons. The molecule has 1 N–H and O–H groups in total. The topological polar surface area (TPSA) is 109 Å². The van der Waals surface area contributed by atoms with Gasteiger partial charge in [0.1, 0.15) is 23.2 Å². The minimum Gasteiger partial charge on any atom is -0.456 e. The van der Waals surface area contributed by atoms with E-state index in [0.29, 0.717) is 11.3 Å². The van der Waals surface area contributed by atoms with Crippen molar-refractivity contribution in [1.29, 1.82) is 5.26 Å².